The van der Waals surface area contributed by atoms with Gasteiger partial charge >= 0.3 is 0 Å². The first kappa shape index (κ1) is 46.2. The number of nitrogens with zero attached hydrogens (tertiary/aromatic N) is 6. The summed E-state index contributed by atoms with van der Waals surface area (Å²) < 4.78 is 27.3. The number of oxime groups is 1. The zero-order chi connectivity index (χ0) is 41.4. The zero-order valence-electron chi connectivity index (χ0n) is 33.0. The number of aromatic nitrogens is 3. The summed E-state index contributed by atoms with van der Waals surface area (Å²) in [4.78, 5) is 59.5. The maximum absolute atomic E-state index is 12.9. The van der Waals surface area contributed by atoms with Crippen molar-refractivity contribution in [1.29, 1.82) is 0 Å². The number of hydrogen-bond acceptors (Lipinski definition) is 17. The molecule has 0 bridgehead atoms. The van der Waals surface area contributed by atoms with E-state index in [1.165, 1.54) is 17.5 Å². The summed E-state index contributed by atoms with van der Waals surface area (Å²) in [5, 5.41) is 15.7. The molecule has 1 aliphatic rings. The molecule has 0 aliphatic carbocycles. The number of thiazole rings is 1. The number of piperazine rings is 1. The van der Waals surface area contributed by atoms with Crippen molar-refractivity contribution in [2.45, 2.75) is 13.8 Å². The second-order valence-corrected chi connectivity index (χ2v) is 14.1. The molecule has 3 aromatic rings. The van der Waals surface area contributed by atoms with Crippen LogP contribution in [-0.4, -0.2) is 163 Å². The smallest absolute Gasteiger partial charge is 0.267 e. The summed E-state index contributed by atoms with van der Waals surface area (Å²) >= 11 is 7.48. The molecule has 0 atom stereocenters. The van der Waals surface area contributed by atoms with E-state index in [4.69, 9.17) is 35.3 Å². The number of aryl methyl sites for hydroxylation is 2. The lowest BCUT2D eigenvalue weighted by atomic mass is 10.2. The van der Waals surface area contributed by atoms with Crippen LogP contribution in [-0.2, 0) is 38.1 Å². The molecule has 3 heterocycles. The number of hydrogen-bond donors (Lipinski definition) is 4. The van der Waals surface area contributed by atoms with Gasteiger partial charge in [-0.05, 0) is 25.5 Å². The summed E-state index contributed by atoms with van der Waals surface area (Å²) in [6.45, 7) is 14.7. The van der Waals surface area contributed by atoms with Crippen LogP contribution in [0.15, 0.2) is 35.6 Å². The molecule has 21 heteroatoms. The van der Waals surface area contributed by atoms with Gasteiger partial charge in [-0.25, -0.2) is 15.0 Å². The maximum atomic E-state index is 12.9. The van der Waals surface area contributed by atoms with Gasteiger partial charge in [-0.2, -0.15) is 0 Å². The highest BCUT2D eigenvalue weighted by Crippen LogP contribution is 2.28. The van der Waals surface area contributed by atoms with Crippen LogP contribution in [0.3, 0.4) is 0 Å². The Morgan fingerprint density at radius 1 is 0.845 bits per heavy atom. The monoisotopic (exact) mass is 848 g/mol. The Morgan fingerprint density at radius 3 is 2.05 bits per heavy atom. The van der Waals surface area contributed by atoms with Gasteiger partial charge in [0.15, 0.2) is 11.7 Å². The van der Waals surface area contributed by atoms with Crippen molar-refractivity contribution in [2.24, 2.45) is 5.16 Å². The Labute approximate surface area is 347 Å². The van der Waals surface area contributed by atoms with Gasteiger partial charge in [0.05, 0.1) is 89.5 Å². The lowest BCUT2D eigenvalue weighted by Crippen LogP contribution is -2.50. The van der Waals surface area contributed by atoms with Crippen molar-refractivity contribution in [3.8, 4) is 0 Å². The van der Waals surface area contributed by atoms with Crippen LogP contribution in [0.4, 0.5) is 22.5 Å². The molecular formula is C37H53ClN10O9S. The minimum Gasteiger partial charge on any atom is -0.386 e. The normalized spacial score (nSPS) is 12.9. The number of amides is 3. The fourth-order valence-corrected chi connectivity index (χ4v) is 6.33. The van der Waals surface area contributed by atoms with E-state index in [9.17, 15) is 14.4 Å². The summed E-state index contributed by atoms with van der Waals surface area (Å²) in [6.07, 6.45) is 1.51. The van der Waals surface area contributed by atoms with Crippen LogP contribution in [0.1, 0.15) is 21.1 Å². The lowest BCUT2D eigenvalue weighted by Gasteiger charge is -2.35. The fraction of sp³-hybridized carbons (Fsp3) is 0.541. The van der Waals surface area contributed by atoms with Crippen LogP contribution < -0.4 is 26.2 Å². The van der Waals surface area contributed by atoms with E-state index in [2.05, 4.69) is 62.7 Å². The van der Waals surface area contributed by atoms with Crippen molar-refractivity contribution in [3.63, 3.8) is 0 Å². The minimum atomic E-state index is -0.297. The topological polar surface area (TPSA) is 212 Å². The Balaban J connectivity index is 0.983. The van der Waals surface area contributed by atoms with Gasteiger partial charge in [-0.3, -0.25) is 19.3 Å². The van der Waals surface area contributed by atoms with Gasteiger partial charge in [0.1, 0.15) is 22.3 Å². The quantitative estimate of drug-likeness (QED) is 0.0469. The van der Waals surface area contributed by atoms with Crippen LogP contribution in [0.5, 0.6) is 0 Å². The van der Waals surface area contributed by atoms with Gasteiger partial charge in [-0.15, -0.1) is 5.16 Å². The molecule has 4 rings (SSSR count). The van der Waals surface area contributed by atoms with Crippen molar-refractivity contribution >= 4 is 69.8 Å². The number of carbonyl (C=O) groups is 3. The number of benzene rings is 1. The highest BCUT2D eigenvalue weighted by Gasteiger charge is 2.21. The Hall–Kier alpha value is -4.54. The molecular weight excluding hydrogens is 796 g/mol. The number of para-hydroxylation sites is 1. The first-order chi connectivity index (χ1) is 28.2. The van der Waals surface area contributed by atoms with Crippen molar-refractivity contribution < 1.29 is 42.9 Å². The van der Waals surface area contributed by atoms with Crippen LogP contribution in [0.25, 0.3) is 0 Å². The number of carbonyl (C=O) groups excluding carboxylic acids is 3. The SMILES string of the molecule is C=NOCC(=O)NCCOCCOCCOCCOCCOCCNC(=O)CN1CCN(c2cc(Nc3ncc(C(=O)Nc4c(C)cccc4Cl)s3)nc(C)n2)CC1. The summed E-state index contributed by atoms with van der Waals surface area (Å²) in [5.41, 5.74) is 1.44. The van der Waals surface area contributed by atoms with Crippen LogP contribution >= 0.6 is 22.9 Å². The predicted octanol–water partition coefficient (Wildman–Crippen LogP) is 2.27. The molecule has 19 nitrogen and oxygen atoms in total. The average molecular weight is 849 g/mol. The molecule has 1 aromatic carbocycles. The van der Waals surface area contributed by atoms with E-state index >= 15 is 0 Å². The number of ether oxygens (including phenoxy) is 5. The number of nitrogens with one attached hydrogen (secondary N) is 4. The predicted molar refractivity (Wildman–Crippen MR) is 221 cm³/mol. The molecule has 1 fully saturated rings. The van der Waals surface area contributed by atoms with Gasteiger partial charge in [0.25, 0.3) is 11.8 Å². The molecule has 0 spiro atoms. The third kappa shape index (κ3) is 17.5. The molecule has 3 amide bonds. The van der Waals surface area contributed by atoms with Crippen LogP contribution in [0.2, 0.25) is 5.02 Å². The van der Waals surface area contributed by atoms with E-state index in [0.717, 1.165) is 11.4 Å². The van der Waals surface area contributed by atoms with Crippen molar-refractivity contribution in [1.82, 2.24) is 30.5 Å². The largest absolute Gasteiger partial charge is 0.386 e. The third-order valence-electron chi connectivity index (χ3n) is 8.22. The second-order valence-electron chi connectivity index (χ2n) is 12.6. The van der Waals surface area contributed by atoms with E-state index in [1.54, 1.807) is 6.07 Å². The fourth-order valence-electron chi connectivity index (χ4n) is 5.35. The van der Waals surface area contributed by atoms with Gasteiger partial charge in [-0.1, -0.05) is 35.1 Å². The second kappa shape index (κ2) is 26.5. The lowest BCUT2D eigenvalue weighted by molar-refractivity contribution is -0.126. The average Bonchev–Trinajstić information content (AvgIpc) is 3.68. The van der Waals surface area contributed by atoms with E-state index in [-0.39, 0.29) is 24.3 Å². The molecule has 0 radical (unpaired) electrons. The molecule has 318 valence electrons. The Morgan fingerprint density at radius 2 is 1.45 bits per heavy atom. The Bertz CT molecular complexity index is 1710. The summed E-state index contributed by atoms with van der Waals surface area (Å²) in [7, 11) is 0. The zero-order valence-corrected chi connectivity index (χ0v) is 34.5. The maximum Gasteiger partial charge on any atom is 0.267 e. The summed E-state index contributed by atoms with van der Waals surface area (Å²) in [5.74, 6) is 1.29. The Kier molecular flexibility index (Phi) is 21.1. The van der Waals surface area contributed by atoms with E-state index in [1.807, 2.05) is 32.0 Å². The first-order valence-electron chi connectivity index (χ1n) is 18.8. The van der Waals surface area contributed by atoms with Gasteiger partial charge in [0, 0.05) is 52.1 Å². The molecule has 1 aliphatic heterocycles. The van der Waals surface area contributed by atoms with E-state index in [0.29, 0.717) is 144 Å². The number of halogens is 1. The highest BCUT2D eigenvalue weighted by atomic mass is 35.5. The minimum absolute atomic E-state index is 0.0562. The molecule has 4 N–H and O–H groups in total. The highest BCUT2D eigenvalue weighted by molar-refractivity contribution is 7.17. The molecule has 0 saturated carbocycles. The van der Waals surface area contributed by atoms with Gasteiger partial charge in [0.2, 0.25) is 5.91 Å². The molecule has 58 heavy (non-hydrogen) atoms. The van der Waals surface area contributed by atoms with Crippen LogP contribution in [0, 0.1) is 13.8 Å². The third-order valence-corrected chi connectivity index (χ3v) is 9.45. The van der Waals surface area contributed by atoms with Gasteiger partial charge < -0.3 is 54.7 Å². The van der Waals surface area contributed by atoms with Crippen molar-refractivity contribution in [2.75, 3.05) is 134 Å². The first-order valence-corrected chi connectivity index (χ1v) is 20.0. The molecule has 1 saturated heterocycles. The number of anilines is 4. The van der Waals surface area contributed by atoms with E-state index < -0.39 is 0 Å². The standard InChI is InChI=1S/C37H53ClN10O9S/c1-27-5-4-6-29(38)35(27)46-36(51)30-24-42-37(58-30)45-31-23-32(44-28(2)43-31)48-11-9-47(10-12-48)25-33(49)40-7-13-52-15-17-54-19-21-56-22-20-55-18-16-53-14-8-41-34(50)26-57-39-3/h4-6,23-24H,3,7-22,25-26H2,1-2H3,(H,40,49)(H,41,50)(H,46,51)(H,42,43,44,45). The summed E-state index contributed by atoms with van der Waals surface area (Å²) in [6, 6.07) is 7.30. The molecule has 2 aromatic heterocycles. The van der Waals surface area contributed by atoms with Crippen molar-refractivity contribution in [3.05, 3.63) is 51.7 Å². The number of rotatable bonds is 28. The molecule has 0 unspecified atom stereocenters.